The van der Waals surface area contributed by atoms with Crippen LogP contribution in [0.3, 0.4) is 0 Å². The topological polar surface area (TPSA) is 17.1 Å². The van der Waals surface area contributed by atoms with E-state index in [0.29, 0.717) is 11.7 Å². The average molecular weight is 297 g/mol. The number of unbranched alkanes of at least 4 members (excludes halogenated alkanes) is 1. The first kappa shape index (κ1) is 15.1. The molecule has 0 saturated heterocycles. The number of hydrogen-bond acceptors (Lipinski definition) is 3. The van der Waals surface area contributed by atoms with Gasteiger partial charge < -0.3 is 0 Å². The van der Waals surface area contributed by atoms with E-state index in [4.69, 9.17) is 0 Å². The highest BCUT2D eigenvalue weighted by molar-refractivity contribution is 7.98. The molecule has 1 aromatic heterocycles. The van der Waals surface area contributed by atoms with Crippen LogP contribution >= 0.6 is 23.1 Å². The van der Waals surface area contributed by atoms with E-state index in [1.807, 2.05) is 11.8 Å². The molecule has 0 aromatic carbocycles. The third-order valence-electron chi connectivity index (χ3n) is 3.92. The van der Waals surface area contributed by atoms with E-state index in [9.17, 15) is 4.79 Å². The summed E-state index contributed by atoms with van der Waals surface area (Å²) in [4.78, 5) is 14.9. The van der Waals surface area contributed by atoms with Gasteiger partial charge in [-0.2, -0.15) is 11.8 Å². The molecule has 0 bridgehead atoms. The first-order valence-corrected chi connectivity index (χ1v) is 9.44. The second kappa shape index (κ2) is 7.49. The van der Waals surface area contributed by atoms with Crippen LogP contribution in [0.4, 0.5) is 0 Å². The van der Waals surface area contributed by atoms with Gasteiger partial charge in [0.05, 0.1) is 4.88 Å². The van der Waals surface area contributed by atoms with E-state index >= 15 is 0 Å². The van der Waals surface area contributed by atoms with E-state index in [1.54, 1.807) is 11.3 Å². The fourth-order valence-corrected chi connectivity index (χ4v) is 4.91. The van der Waals surface area contributed by atoms with Crippen molar-refractivity contribution < 1.29 is 4.79 Å². The smallest absolute Gasteiger partial charge is 0.173 e. The number of rotatable bonds is 7. The van der Waals surface area contributed by atoms with Gasteiger partial charge in [0.2, 0.25) is 0 Å². The maximum atomic E-state index is 12.4. The largest absolute Gasteiger partial charge is 0.293 e. The predicted octanol–water partition coefficient (Wildman–Crippen LogP) is 5.33. The van der Waals surface area contributed by atoms with Gasteiger partial charge in [0, 0.05) is 17.1 Å². The molecule has 0 aliphatic carbocycles. The molecule has 2 heterocycles. The van der Waals surface area contributed by atoms with E-state index in [0.717, 1.165) is 29.9 Å². The second-order valence-electron chi connectivity index (χ2n) is 5.41. The van der Waals surface area contributed by atoms with Gasteiger partial charge in [-0.15, -0.1) is 11.3 Å². The van der Waals surface area contributed by atoms with Gasteiger partial charge in [-0.25, -0.2) is 0 Å². The molecule has 2 rings (SSSR count). The van der Waals surface area contributed by atoms with Crippen LogP contribution < -0.4 is 0 Å². The molecule has 1 atom stereocenters. The summed E-state index contributed by atoms with van der Waals surface area (Å²) in [5.74, 6) is 3.29. The molecule has 0 amide bonds. The summed E-state index contributed by atoms with van der Waals surface area (Å²) < 4.78 is 0. The Kier molecular flexibility index (Phi) is 5.96. The van der Waals surface area contributed by atoms with Gasteiger partial charge >= 0.3 is 0 Å². The lowest BCUT2D eigenvalue weighted by Crippen LogP contribution is -2.07. The number of ketones is 1. The van der Waals surface area contributed by atoms with Crippen LogP contribution in [0, 0.1) is 5.92 Å². The number of hydrogen-bond donors (Lipinski definition) is 0. The fourth-order valence-electron chi connectivity index (χ4n) is 2.59. The first-order chi connectivity index (χ1) is 9.24. The molecule has 1 aromatic rings. The van der Waals surface area contributed by atoms with Crippen molar-refractivity contribution in [1.29, 1.82) is 0 Å². The molecule has 0 saturated carbocycles. The van der Waals surface area contributed by atoms with Crippen LogP contribution in [-0.4, -0.2) is 11.5 Å². The molecule has 1 aliphatic rings. The molecule has 0 fully saturated rings. The number of carbonyl (C=O) groups is 1. The molecule has 1 nitrogen and oxygen atoms in total. The molecule has 3 heteroatoms. The van der Waals surface area contributed by atoms with E-state index in [2.05, 4.69) is 19.9 Å². The summed E-state index contributed by atoms with van der Waals surface area (Å²) in [6.07, 6.45) is 6.74. The standard InChI is InChI=1S/C16H24OS2/c1-3-5-6-12(4-2)9-14(17)16-10-13-11-18-8-7-15(13)19-16/h10,12H,3-9,11H2,1-2H3. The zero-order valence-electron chi connectivity index (χ0n) is 12.0. The summed E-state index contributed by atoms with van der Waals surface area (Å²) in [7, 11) is 0. The number of carbonyl (C=O) groups excluding carboxylic acids is 1. The molecular formula is C16H24OS2. The Labute approximate surface area is 125 Å². The van der Waals surface area contributed by atoms with Gasteiger partial charge in [-0.05, 0) is 29.7 Å². The maximum absolute atomic E-state index is 12.4. The lowest BCUT2D eigenvalue weighted by Gasteiger charge is -2.12. The average Bonchev–Trinajstić information content (AvgIpc) is 2.87. The molecule has 0 radical (unpaired) electrons. The summed E-state index contributed by atoms with van der Waals surface area (Å²) in [5, 5.41) is 0. The van der Waals surface area contributed by atoms with Gasteiger partial charge in [0.15, 0.2) is 5.78 Å². The van der Waals surface area contributed by atoms with Crippen molar-refractivity contribution in [2.45, 2.75) is 58.1 Å². The van der Waals surface area contributed by atoms with Gasteiger partial charge in [-0.1, -0.05) is 39.5 Å². The van der Waals surface area contributed by atoms with Crippen molar-refractivity contribution in [3.05, 3.63) is 21.4 Å². The quantitative estimate of drug-likeness (QED) is 0.633. The molecule has 1 aliphatic heterocycles. The number of aryl methyl sites for hydroxylation is 1. The minimum atomic E-state index is 0.382. The zero-order valence-corrected chi connectivity index (χ0v) is 13.7. The minimum Gasteiger partial charge on any atom is -0.293 e. The van der Waals surface area contributed by atoms with Crippen molar-refractivity contribution in [1.82, 2.24) is 0 Å². The van der Waals surface area contributed by atoms with Gasteiger partial charge in [-0.3, -0.25) is 4.79 Å². The van der Waals surface area contributed by atoms with Crippen LogP contribution in [0.15, 0.2) is 6.07 Å². The van der Waals surface area contributed by atoms with Crippen molar-refractivity contribution in [2.24, 2.45) is 5.92 Å². The van der Waals surface area contributed by atoms with Crippen molar-refractivity contribution in [3.63, 3.8) is 0 Å². The Balaban J connectivity index is 1.96. The van der Waals surface area contributed by atoms with Crippen molar-refractivity contribution in [3.8, 4) is 0 Å². The van der Waals surface area contributed by atoms with Crippen molar-refractivity contribution in [2.75, 3.05) is 5.75 Å². The summed E-state index contributed by atoms with van der Waals surface area (Å²) >= 11 is 3.74. The molecular weight excluding hydrogens is 272 g/mol. The zero-order chi connectivity index (χ0) is 13.7. The number of thioether (sulfide) groups is 1. The number of thiophene rings is 1. The van der Waals surface area contributed by atoms with Crippen LogP contribution in [0.1, 0.15) is 66.1 Å². The maximum Gasteiger partial charge on any atom is 0.173 e. The highest BCUT2D eigenvalue weighted by atomic mass is 32.2. The third kappa shape index (κ3) is 4.09. The van der Waals surface area contributed by atoms with Crippen LogP contribution in [0.25, 0.3) is 0 Å². The van der Waals surface area contributed by atoms with E-state index in [-0.39, 0.29) is 0 Å². The van der Waals surface area contributed by atoms with Crippen LogP contribution in [0.5, 0.6) is 0 Å². The Hall–Kier alpha value is -0.280. The van der Waals surface area contributed by atoms with Crippen LogP contribution in [-0.2, 0) is 12.2 Å². The highest BCUT2D eigenvalue weighted by Crippen LogP contribution is 2.33. The second-order valence-corrected chi connectivity index (χ2v) is 7.65. The number of Topliss-reactive ketones (excluding diaryl/α,β-unsaturated/α-hetero) is 1. The van der Waals surface area contributed by atoms with Crippen LogP contribution in [0.2, 0.25) is 0 Å². The lowest BCUT2D eigenvalue weighted by molar-refractivity contribution is 0.0961. The summed E-state index contributed by atoms with van der Waals surface area (Å²) in [5.41, 5.74) is 1.42. The van der Waals surface area contributed by atoms with Gasteiger partial charge in [0.1, 0.15) is 0 Å². The normalized spacial score (nSPS) is 16.1. The molecule has 19 heavy (non-hydrogen) atoms. The predicted molar refractivity (Wildman–Crippen MR) is 86.4 cm³/mol. The lowest BCUT2D eigenvalue weighted by atomic mass is 9.93. The van der Waals surface area contributed by atoms with E-state index in [1.165, 1.54) is 35.5 Å². The highest BCUT2D eigenvalue weighted by Gasteiger charge is 2.19. The van der Waals surface area contributed by atoms with Gasteiger partial charge in [0.25, 0.3) is 0 Å². The summed E-state index contributed by atoms with van der Waals surface area (Å²) in [6, 6.07) is 2.17. The Morgan fingerprint density at radius 3 is 2.95 bits per heavy atom. The number of fused-ring (bicyclic) bond motifs is 1. The Bertz CT molecular complexity index is 399. The first-order valence-electron chi connectivity index (χ1n) is 7.47. The minimum absolute atomic E-state index is 0.382. The Morgan fingerprint density at radius 1 is 1.42 bits per heavy atom. The molecule has 0 spiro atoms. The fraction of sp³-hybridized carbons (Fsp3) is 0.688. The third-order valence-corrected chi connectivity index (χ3v) is 6.21. The molecule has 106 valence electrons. The Morgan fingerprint density at radius 2 is 2.26 bits per heavy atom. The molecule has 1 unspecified atom stereocenters. The SMILES string of the molecule is CCCCC(CC)CC(=O)c1cc2c(s1)CCSC2. The summed E-state index contributed by atoms with van der Waals surface area (Å²) in [6.45, 7) is 4.43. The monoisotopic (exact) mass is 296 g/mol. The molecule has 0 N–H and O–H groups in total. The van der Waals surface area contributed by atoms with E-state index < -0.39 is 0 Å². The van der Waals surface area contributed by atoms with Crippen molar-refractivity contribution >= 4 is 28.9 Å².